The Morgan fingerprint density at radius 3 is 1.87 bits per heavy atom. The van der Waals surface area contributed by atoms with E-state index in [1.807, 2.05) is 0 Å². The summed E-state index contributed by atoms with van der Waals surface area (Å²) < 4.78 is 88.8. The number of alkyl halides is 6. The van der Waals surface area contributed by atoms with Gasteiger partial charge >= 0.3 is 24.3 Å². The number of halogens is 6. The Kier molecular flexibility index (Phi) is 4.07. The number of carbonyl (C=O) groups excluding carboxylic acids is 2. The summed E-state index contributed by atoms with van der Waals surface area (Å²) >= 11 is 0. The van der Waals surface area contributed by atoms with Crippen molar-refractivity contribution in [3.8, 4) is 0 Å². The number of hydrogen-bond acceptors (Lipinski definition) is 5. The van der Waals surface area contributed by atoms with Crippen molar-refractivity contribution >= 4 is 11.9 Å². The van der Waals surface area contributed by atoms with E-state index in [-0.39, 0.29) is 0 Å². The number of esters is 2. The highest BCUT2D eigenvalue weighted by Crippen LogP contribution is 2.58. The summed E-state index contributed by atoms with van der Waals surface area (Å²) in [6.07, 6.45) is -15.0. The Labute approximate surface area is 126 Å². The first kappa shape index (κ1) is 17.8. The second-order valence-corrected chi connectivity index (χ2v) is 5.54. The Morgan fingerprint density at radius 2 is 1.48 bits per heavy atom. The molecule has 2 bridgehead atoms. The third-order valence-electron chi connectivity index (χ3n) is 4.10. The summed E-state index contributed by atoms with van der Waals surface area (Å²) in [5.41, 5.74) is -4.21. The third-order valence-corrected chi connectivity index (χ3v) is 4.10. The lowest BCUT2D eigenvalue weighted by Crippen LogP contribution is -2.70. The number of hydrogen-bond donors (Lipinski definition) is 1. The van der Waals surface area contributed by atoms with Crippen LogP contribution in [-0.4, -0.2) is 48.1 Å². The van der Waals surface area contributed by atoms with E-state index >= 15 is 0 Å². The normalized spacial score (nSPS) is 32.7. The fourth-order valence-corrected chi connectivity index (χ4v) is 3.39. The first-order chi connectivity index (χ1) is 10.3. The van der Waals surface area contributed by atoms with Crippen LogP contribution in [0.2, 0.25) is 0 Å². The summed E-state index contributed by atoms with van der Waals surface area (Å²) in [6, 6.07) is -1.59. The van der Waals surface area contributed by atoms with Gasteiger partial charge in [-0.1, -0.05) is 0 Å². The molecule has 0 aromatic heterocycles. The minimum Gasteiger partial charge on any atom is -0.461 e. The Morgan fingerprint density at radius 1 is 1.00 bits per heavy atom. The van der Waals surface area contributed by atoms with E-state index in [4.69, 9.17) is 4.74 Å². The lowest BCUT2D eigenvalue weighted by Gasteiger charge is -2.42. The number of rotatable bonds is 2. The molecule has 5 nitrogen and oxygen atoms in total. The number of piperidine rings is 1. The van der Waals surface area contributed by atoms with Crippen molar-refractivity contribution in [1.82, 2.24) is 5.32 Å². The van der Waals surface area contributed by atoms with Crippen LogP contribution in [0.25, 0.3) is 0 Å². The molecule has 1 aliphatic carbocycles. The van der Waals surface area contributed by atoms with E-state index in [0.717, 1.165) is 13.8 Å². The molecule has 0 aromatic carbocycles. The highest BCUT2D eigenvalue weighted by Gasteiger charge is 2.82. The molecule has 23 heavy (non-hydrogen) atoms. The van der Waals surface area contributed by atoms with Gasteiger partial charge in [-0.15, -0.1) is 0 Å². The van der Waals surface area contributed by atoms with Gasteiger partial charge in [0.2, 0.25) is 5.54 Å². The van der Waals surface area contributed by atoms with Crippen molar-refractivity contribution in [2.75, 3.05) is 0 Å². The monoisotopic (exact) mass is 349 g/mol. The lowest BCUT2D eigenvalue weighted by atomic mass is 9.81. The molecule has 0 aromatic rings. The van der Waals surface area contributed by atoms with E-state index in [1.54, 1.807) is 0 Å². The predicted octanol–water partition coefficient (Wildman–Crippen LogP) is 1.70. The molecule has 4 atom stereocenters. The van der Waals surface area contributed by atoms with E-state index < -0.39 is 60.4 Å². The maximum Gasteiger partial charge on any atom is 0.415 e. The molecule has 132 valence electrons. The van der Waals surface area contributed by atoms with Crippen LogP contribution < -0.4 is 5.32 Å². The summed E-state index contributed by atoms with van der Waals surface area (Å²) in [7, 11) is 0. The van der Waals surface area contributed by atoms with Gasteiger partial charge in [0.05, 0.1) is 6.04 Å². The summed E-state index contributed by atoms with van der Waals surface area (Å²) in [5, 5.41) is 1.49. The first-order valence-electron chi connectivity index (χ1n) is 6.57. The molecule has 2 rings (SSSR count). The Hall–Kier alpha value is -1.52. The van der Waals surface area contributed by atoms with Gasteiger partial charge in [0.1, 0.15) is 12.2 Å². The quantitative estimate of drug-likeness (QED) is 0.607. The molecule has 2 fully saturated rings. The molecule has 1 N–H and O–H groups in total. The van der Waals surface area contributed by atoms with Crippen molar-refractivity contribution in [2.24, 2.45) is 5.92 Å². The molecule has 0 amide bonds. The molecule has 1 saturated heterocycles. The van der Waals surface area contributed by atoms with Crippen LogP contribution in [0.4, 0.5) is 26.3 Å². The van der Waals surface area contributed by atoms with E-state index in [9.17, 15) is 35.9 Å². The van der Waals surface area contributed by atoms with Crippen LogP contribution >= 0.6 is 0 Å². The zero-order chi connectivity index (χ0) is 17.8. The SMILES string of the molecule is CC(=O)OC1CC2C(OC(C)=O)C1NC2(C(F)(F)F)C(F)(F)F. The van der Waals surface area contributed by atoms with Crippen molar-refractivity contribution < 1.29 is 45.4 Å². The van der Waals surface area contributed by atoms with Gasteiger partial charge in [-0.2, -0.15) is 26.3 Å². The van der Waals surface area contributed by atoms with E-state index in [2.05, 4.69) is 4.74 Å². The minimum atomic E-state index is -5.66. The smallest absolute Gasteiger partial charge is 0.415 e. The van der Waals surface area contributed by atoms with Crippen molar-refractivity contribution in [2.45, 2.75) is 56.4 Å². The standard InChI is InChI=1S/C12H13F6NO4/c1-4(20)22-7-3-6-9(23-5(2)21)8(7)19-10(6,11(13,14)15)12(16,17)18/h6-9,19H,3H2,1-2H3. The first-order valence-corrected chi connectivity index (χ1v) is 6.57. The highest BCUT2D eigenvalue weighted by atomic mass is 19.4. The van der Waals surface area contributed by atoms with Crippen LogP contribution in [0.3, 0.4) is 0 Å². The summed E-state index contributed by atoms with van der Waals surface area (Å²) in [5.74, 6) is -4.01. The predicted molar refractivity (Wildman–Crippen MR) is 61.0 cm³/mol. The molecule has 0 spiro atoms. The van der Waals surface area contributed by atoms with Crippen LogP contribution in [0.1, 0.15) is 20.3 Å². The van der Waals surface area contributed by atoms with Crippen LogP contribution in [0, 0.1) is 5.92 Å². The van der Waals surface area contributed by atoms with Crippen LogP contribution in [-0.2, 0) is 19.1 Å². The number of nitrogens with one attached hydrogen (secondary N) is 1. The second kappa shape index (κ2) is 5.25. The van der Waals surface area contributed by atoms with Gasteiger partial charge in [-0.25, -0.2) is 0 Å². The minimum absolute atomic E-state index is 0.714. The van der Waals surface area contributed by atoms with Gasteiger partial charge in [-0.05, 0) is 6.42 Å². The molecular weight excluding hydrogens is 336 g/mol. The largest absolute Gasteiger partial charge is 0.461 e. The maximum absolute atomic E-state index is 13.2. The van der Waals surface area contributed by atoms with Gasteiger partial charge in [0.25, 0.3) is 0 Å². The maximum atomic E-state index is 13.2. The molecule has 0 radical (unpaired) electrons. The van der Waals surface area contributed by atoms with Crippen LogP contribution in [0.5, 0.6) is 0 Å². The second-order valence-electron chi connectivity index (χ2n) is 5.54. The average Bonchev–Trinajstić information content (AvgIpc) is 2.77. The average molecular weight is 349 g/mol. The highest BCUT2D eigenvalue weighted by molar-refractivity contribution is 5.67. The molecule has 1 saturated carbocycles. The number of ether oxygens (including phenoxy) is 2. The molecule has 2 aliphatic rings. The third kappa shape index (κ3) is 2.64. The Balaban J connectivity index is 2.44. The van der Waals surface area contributed by atoms with Gasteiger partial charge in [0, 0.05) is 19.8 Å². The summed E-state index contributed by atoms with van der Waals surface area (Å²) in [6.45, 7) is 1.86. The van der Waals surface area contributed by atoms with Crippen molar-refractivity contribution in [3.63, 3.8) is 0 Å². The van der Waals surface area contributed by atoms with Gasteiger partial charge < -0.3 is 9.47 Å². The van der Waals surface area contributed by atoms with Crippen molar-refractivity contribution in [3.05, 3.63) is 0 Å². The molecular formula is C12H13F6NO4. The fraction of sp³-hybridized carbons (Fsp3) is 0.833. The number of fused-ring (bicyclic) bond motifs is 2. The van der Waals surface area contributed by atoms with E-state index in [1.165, 1.54) is 5.32 Å². The molecule has 4 unspecified atom stereocenters. The summed E-state index contributed by atoms with van der Waals surface area (Å²) in [4.78, 5) is 22.0. The van der Waals surface area contributed by atoms with Gasteiger partial charge in [-0.3, -0.25) is 14.9 Å². The fourth-order valence-electron chi connectivity index (χ4n) is 3.39. The molecule has 1 heterocycles. The topological polar surface area (TPSA) is 64.6 Å². The zero-order valence-corrected chi connectivity index (χ0v) is 11.9. The molecule has 1 aliphatic heterocycles. The zero-order valence-electron chi connectivity index (χ0n) is 11.9. The van der Waals surface area contributed by atoms with Gasteiger partial charge in [0.15, 0.2) is 0 Å². The lowest BCUT2D eigenvalue weighted by molar-refractivity contribution is -0.322. The molecule has 11 heteroatoms. The number of carbonyl (C=O) groups is 2. The van der Waals surface area contributed by atoms with Crippen molar-refractivity contribution in [1.29, 1.82) is 0 Å². The Bertz CT molecular complexity index is 503. The van der Waals surface area contributed by atoms with Crippen LogP contribution in [0.15, 0.2) is 0 Å². The van der Waals surface area contributed by atoms with E-state index in [0.29, 0.717) is 0 Å².